The van der Waals surface area contributed by atoms with Gasteiger partial charge in [-0.15, -0.1) is 0 Å². The molecular formula is C14H24N2. The Bertz CT molecular complexity index is 402. The molecule has 0 saturated carbocycles. The molecule has 2 aromatic rings. The predicted molar refractivity (Wildman–Crippen MR) is 72.8 cm³/mol. The van der Waals surface area contributed by atoms with Crippen LogP contribution >= 0.6 is 0 Å². The summed E-state index contributed by atoms with van der Waals surface area (Å²) in [6.07, 6.45) is 3.09. The van der Waals surface area contributed by atoms with Crippen LogP contribution in [0.4, 0.5) is 0 Å². The van der Waals surface area contributed by atoms with Crippen molar-refractivity contribution >= 4 is 11.0 Å². The maximum atomic E-state index is 4.28. The van der Waals surface area contributed by atoms with Gasteiger partial charge < -0.3 is 4.57 Å². The minimum Gasteiger partial charge on any atom is -0.334 e. The molecule has 0 saturated heterocycles. The topological polar surface area (TPSA) is 17.8 Å². The van der Waals surface area contributed by atoms with E-state index in [1.807, 2.05) is 31.8 Å². The van der Waals surface area contributed by atoms with Gasteiger partial charge in [0.1, 0.15) is 0 Å². The summed E-state index contributed by atoms with van der Waals surface area (Å²) in [6.45, 7) is 10.3. The van der Waals surface area contributed by atoms with Crippen molar-refractivity contribution in [3.63, 3.8) is 0 Å². The Labute approximate surface area is 99.3 Å². The van der Waals surface area contributed by atoms with Crippen LogP contribution in [0.25, 0.3) is 11.0 Å². The number of aryl methyl sites for hydroxylation is 2. The van der Waals surface area contributed by atoms with Crippen molar-refractivity contribution in [2.24, 2.45) is 7.05 Å². The smallest absolute Gasteiger partial charge is 0.0955 e. The minimum atomic E-state index is 1.11. The molecule has 0 aliphatic heterocycles. The van der Waals surface area contributed by atoms with Gasteiger partial charge in [0.05, 0.1) is 17.4 Å². The van der Waals surface area contributed by atoms with E-state index in [1.54, 1.807) is 0 Å². The number of imidazole rings is 1. The van der Waals surface area contributed by atoms with E-state index in [4.69, 9.17) is 0 Å². The number of fused-ring (bicyclic) bond motifs is 1. The number of benzene rings is 1. The maximum Gasteiger partial charge on any atom is 0.0955 e. The first-order valence-electron chi connectivity index (χ1n) is 6.07. The molecule has 2 nitrogen and oxygen atoms in total. The Morgan fingerprint density at radius 1 is 1.19 bits per heavy atom. The first-order chi connectivity index (χ1) is 7.70. The fraction of sp³-hybridized carbons (Fsp3) is 0.500. The molecule has 2 rings (SSSR count). The lowest BCUT2D eigenvalue weighted by molar-refractivity contribution is 0.948. The van der Waals surface area contributed by atoms with Crippen LogP contribution in [0.2, 0.25) is 0 Å². The van der Waals surface area contributed by atoms with E-state index in [0.29, 0.717) is 0 Å². The van der Waals surface area contributed by atoms with Gasteiger partial charge in [0, 0.05) is 7.05 Å². The molecule has 1 aromatic carbocycles. The lowest BCUT2D eigenvalue weighted by Gasteiger charge is -1.94. The van der Waals surface area contributed by atoms with Crippen LogP contribution in [-0.4, -0.2) is 9.55 Å². The number of para-hydroxylation sites is 1. The van der Waals surface area contributed by atoms with E-state index < -0.39 is 0 Å². The van der Waals surface area contributed by atoms with E-state index >= 15 is 0 Å². The van der Waals surface area contributed by atoms with E-state index in [0.717, 1.165) is 5.52 Å². The molecule has 1 aromatic heterocycles. The second kappa shape index (κ2) is 7.91. The quantitative estimate of drug-likeness (QED) is 0.646. The highest BCUT2D eigenvalue weighted by atomic mass is 15.0. The zero-order valence-corrected chi connectivity index (χ0v) is 11.4. The molecule has 0 atom stereocenters. The van der Waals surface area contributed by atoms with E-state index in [1.165, 1.54) is 17.5 Å². The highest BCUT2D eigenvalue weighted by Gasteiger charge is 1.99. The molecule has 0 bridgehead atoms. The Kier molecular flexibility index (Phi) is 7.27. The molecule has 90 valence electrons. The number of hydrogen-bond donors (Lipinski definition) is 0. The summed E-state index contributed by atoms with van der Waals surface area (Å²) >= 11 is 0. The molecule has 1 heterocycles. The average molecular weight is 220 g/mol. The zero-order valence-electron chi connectivity index (χ0n) is 11.4. The van der Waals surface area contributed by atoms with Gasteiger partial charge in [-0.3, -0.25) is 0 Å². The summed E-state index contributed by atoms with van der Waals surface area (Å²) in [5.41, 5.74) is 3.54. The Morgan fingerprint density at radius 3 is 2.25 bits per heavy atom. The summed E-state index contributed by atoms with van der Waals surface area (Å²) in [5, 5.41) is 0. The third kappa shape index (κ3) is 3.69. The molecule has 0 fully saturated rings. The van der Waals surface area contributed by atoms with Gasteiger partial charge in [0.25, 0.3) is 0 Å². The second-order valence-electron chi connectivity index (χ2n) is 3.51. The van der Waals surface area contributed by atoms with Crippen molar-refractivity contribution in [1.29, 1.82) is 0 Å². The minimum absolute atomic E-state index is 1.11. The van der Waals surface area contributed by atoms with E-state index in [2.05, 4.69) is 44.0 Å². The number of nitrogens with zero attached hydrogens (tertiary/aromatic N) is 2. The monoisotopic (exact) mass is 220 g/mol. The lowest BCUT2D eigenvalue weighted by Crippen LogP contribution is -1.83. The largest absolute Gasteiger partial charge is 0.334 e. The summed E-state index contributed by atoms with van der Waals surface area (Å²) in [5.74, 6) is 0. The van der Waals surface area contributed by atoms with Gasteiger partial charge in [0.2, 0.25) is 0 Å². The number of hydrogen-bond acceptors (Lipinski definition) is 1. The van der Waals surface area contributed by atoms with Crippen molar-refractivity contribution in [3.8, 4) is 0 Å². The molecule has 2 heteroatoms. The van der Waals surface area contributed by atoms with Crippen molar-refractivity contribution in [1.82, 2.24) is 9.55 Å². The first kappa shape index (κ1) is 14.7. The normalized spacial score (nSPS) is 8.88. The van der Waals surface area contributed by atoms with Gasteiger partial charge in [-0.25, -0.2) is 4.98 Å². The van der Waals surface area contributed by atoms with Crippen molar-refractivity contribution in [2.45, 2.75) is 41.0 Å². The molecule has 0 amide bonds. The van der Waals surface area contributed by atoms with Crippen LogP contribution < -0.4 is 0 Å². The van der Waals surface area contributed by atoms with E-state index in [-0.39, 0.29) is 0 Å². The van der Waals surface area contributed by atoms with Gasteiger partial charge in [-0.1, -0.05) is 46.2 Å². The zero-order chi connectivity index (χ0) is 12.6. The molecular weight excluding hydrogens is 196 g/mol. The standard InChI is InChI=1S/C9H10N2.C3H8.C2H6/c1-7-4-3-5-8-9(7)10-6-11(8)2;1-3-2;1-2/h3-6H,1-2H3;3H2,1-2H3;1-2H3. The second-order valence-corrected chi connectivity index (χ2v) is 3.51. The van der Waals surface area contributed by atoms with Gasteiger partial charge >= 0.3 is 0 Å². The third-order valence-electron chi connectivity index (χ3n) is 1.96. The van der Waals surface area contributed by atoms with Crippen molar-refractivity contribution < 1.29 is 0 Å². The fourth-order valence-electron chi connectivity index (χ4n) is 1.30. The van der Waals surface area contributed by atoms with Crippen LogP contribution in [0.15, 0.2) is 24.5 Å². The Hall–Kier alpha value is -1.31. The lowest BCUT2D eigenvalue weighted by atomic mass is 10.2. The SMILES string of the molecule is CC.CCC.Cc1cccc2c1ncn2C. The maximum absolute atomic E-state index is 4.28. The third-order valence-corrected chi connectivity index (χ3v) is 1.96. The summed E-state index contributed by atoms with van der Waals surface area (Å²) in [6, 6.07) is 6.21. The fourth-order valence-corrected chi connectivity index (χ4v) is 1.30. The number of rotatable bonds is 0. The average Bonchev–Trinajstić information content (AvgIpc) is 2.66. The summed E-state index contributed by atoms with van der Waals surface area (Å²) in [4.78, 5) is 4.28. The van der Waals surface area contributed by atoms with Crippen molar-refractivity contribution in [2.75, 3.05) is 0 Å². The van der Waals surface area contributed by atoms with Crippen LogP contribution in [0, 0.1) is 6.92 Å². The summed E-state index contributed by atoms with van der Waals surface area (Å²) in [7, 11) is 2.01. The Morgan fingerprint density at radius 2 is 1.75 bits per heavy atom. The molecule has 0 aliphatic carbocycles. The van der Waals surface area contributed by atoms with Gasteiger partial charge in [-0.05, 0) is 18.6 Å². The number of aromatic nitrogens is 2. The molecule has 0 aliphatic rings. The van der Waals surface area contributed by atoms with Crippen LogP contribution in [0.5, 0.6) is 0 Å². The van der Waals surface area contributed by atoms with Gasteiger partial charge in [0.15, 0.2) is 0 Å². The van der Waals surface area contributed by atoms with Crippen LogP contribution in [0.3, 0.4) is 0 Å². The predicted octanol–water partition coefficient (Wildman–Crippen LogP) is 4.32. The highest BCUT2D eigenvalue weighted by Crippen LogP contribution is 2.14. The highest BCUT2D eigenvalue weighted by molar-refractivity contribution is 5.78. The first-order valence-corrected chi connectivity index (χ1v) is 6.07. The molecule has 0 N–H and O–H groups in total. The molecule has 16 heavy (non-hydrogen) atoms. The van der Waals surface area contributed by atoms with Gasteiger partial charge in [-0.2, -0.15) is 0 Å². The molecule has 0 unspecified atom stereocenters. The Balaban J connectivity index is 0.000000394. The molecule has 0 spiro atoms. The summed E-state index contributed by atoms with van der Waals surface area (Å²) < 4.78 is 2.03. The van der Waals surface area contributed by atoms with Crippen molar-refractivity contribution in [3.05, 3.63) is 30.1 Å². The van der Waals surface area contributed by atoms with Crippen LogP contribution in [0.1, 0.15) is 39.7 Å². The van der Waals surface area contributed by atoms with Crippen LogP contribution in [-0.2, 0) is 7.05 Å². The molecule has 0 radical (unpaired) electrons. The van der Waals surface area contributed by atoms with E-state index in [9.17, 15) is 0 Å².